The van der Waals surface area contributed by atoms with Crippen LogP contribution < -0.4 is 5.32 Å². The molecule has 2 N–H and O–H groups in total. The number of nitrogens with zero attached hydrogens (tertiary/aromatic N) is 2. The Morgan fingerprint density at radius 2 is 2.04 bits per heavy atom. The first-order valence-electron chi connectivity index (χ1n) is 8.22. The number of anilines is 1. The molecule has 24 heavy (non-hydrogen) atoms. The summed E-state index contributed by atoms with van der Waals surface area (Å²) in [4.78, 5) is 22.7. The molecule has 1 aliphatic rings. The molecule has 1 amide bonds. The number of amides is 1. The van der Waals surface area contributed by atoms with Gasteiger partial charge in [-0.05, 0) is 18.4 Å². The fourth-order valence-corrected chi connectivity index (χ4v) is 3.24. The molecule has 1 aromatic carbocycles. The van der Waals surface area contributed by atoms with Crippen LogP contribution in [0.1, 0.15) is 48.2 Å². The number of benzene rings is 1. The van der Waals surface area contributed by atoms with Crippen molar-refractivity contribution in [3.8, 4) is 0 Å². The second-order valence-corrected chi connectivity index (χ2v) is 6.21. The highest BCUT2D eigenvalue weighted by atomic mass is 16.6. The van der Waals surface area contributed by atoms with Gasteiger partial charge in [0.15, 0.2) is 5.82 Å². The molecule has 126 valence electrons. The number of nitrogens with one attached hydrogen (secondary N) is 2. The van der Waals surface area contributed by atoms with Gasteiger partial charge in [-0.25, -0.2) is 0 Å². The van der Waals surface area contributed by atoms with E-state index in [2.05, 4.69) is 15.5 Å². The molecule has 0 bridgehead atoms. The minimum Gasteiger partial charge on any atom is -0.305 e. The fraction of sp³-hybridized carbons (Fsp3) is 0.412. The molecule has 1 fully saturated rings. The third kappa shape index (κ3) is 3.79. The molecular weight excluding hydrogens is 308 g/mol. The van der Waals surface area contributed by atoms with E-state index in [1.807, 2.05) is 0 Å². The first kappa shape index (κ1) is 16.2. The molecule has 1 aliphatic carbocycles. The van der Waals surface area contributed by atoms with Gasteiger partial charge >= 0.3 is 0 Å². The summed E-state index contributed by atoms with van der Waals surface area (Å²) in [6, 6.07) is 7.69. The number of nitro benzene ring substituents is 1. The lowest BCUT2D eigenvalue weighted by atomic mass is 9.86. The van der Waals surface area contributed by atoms with Crippen LogP contribution in [0.5, 0.6) is 0 Å². The number of nitro groups is 1. The molecule has 0 radical (unpaired) electrons. The molecule has 3 rings (SSSR count). The van der Waals surface area contributed by atoms with E-state index in [-0.39, 0.29) is 11.3 Å². The summed E-state index contributed by atoms with van der Waals surface area (Å²) < 4.78 is 0. The molecule has 1 aromatic heterocycles. The number of para-hydroxylation sites is 1. The first-order valence-corrected chi connectivity index (χ1v) is 8.22. The van der Waals surface area contributed by atoms with E-state index in [4.69, 9.17) is 0 Å². The van der Waals surface area contributed by atoms with Crippen molar-refractivity contribution < 1.29 is 9.72 Å². The molecular formula is C17H20N4O3. The van der Waals surface area contributed by atoms with E-state index >= 15 is 0 Å². The lowest BCUT2D eigenvalue weighted by Crippen LogP contribution is -2.14. The monoisotopic (exact) mass is 328 g/mol. The van der Waals surface area contributed by atoms with Crippen LogP contribution in [0.25, 0.3) is 0 Å². The lowest BCUT2D eigenvalue weighted by molar-refractivity contribution is -0.385. The van der Waals surface area contributed by atoms with Crippen molar-refractivity contribution in [3.05, 3.63) is 51.7 Å². The zero-order chi connectivity index (χ0) is 16.9. The average Bonchev–Trinajstić information content (AvgIpc) is 3.02. The van der Waals surface area contributed by atoms with Gasteiger partial charge in [-0.15, -0.1) is 0 Å². The molecule has 0 atom stereocenters. The number of rotatable bonds is 5. The van der Waals surface area contributed by atoms with Crippen molar-refractivity contribution in [2.75, 3.05) is 5.32 Å². The van der Waals surface area contributed by atoms with E-state index in [9.17, 15) is 14.9 Å². The quantitative estimate of drug-likeness (QED) is 0.645. The van der Waals surface area contributed by atoms with Gasteiger partial charge < -0.3 is 5.32 Å². The molecule has 0 saturated heterocycles. The van der Waals surface area contributed by atoms with Crippen LogP contribution in [-0.2, 0) is 6.42 Å². The van der Waals surface area contributed by atoms with Gasteiger partial charge in [-0.1, -0.05) is 44.2 Å². The van der Waals surface area contributed by atoms with Crippen LogP contribution in [-0.4, -0.2) is 21.0 Å². The SMILES string of the molecule is O=C(Nc1cc(CC2CCCCC2)[nH]n1)c1ccccc1[N+](=O)[O-]. The zero-order valence-corrected chi connectivity index (χ0v) is 13.3. The minimum atomic E-state index is -0.562. The number of carbonyl (C=O) groups excluding carboxylic acids is 1. The molecule has 7 heteroatoms. The van der Waals surface area contributed by atoms with Crippen LogP contribution in [0, 0.1) is 16.0 Å². The summed E-state index contributed by atoms with van der Waals surface area (Å²) in [5.41, 5.74) is 0.798. The molecule has 1 heterocycles. The summed E-state index contributed by atoms with van der Waals surface area (Å²) >= 11 is 0. The van der Waals surface area contributed by atoms with Gasteiger partial charge in [0.05, 0.1) is 4.92 Å². The van der Waals surface area contributed by atoms with Gasteiger partial charge in [-0.2, -0.15) is 5.10 Å². The standard InChI is InChI=1S/C17H20N4O3/c22-17(14-8-4-5-9-15(14)21(23)24)18-16-11-13(19-20-16)10-12-6-2-1-3-7-12/h4-5,8-9,11-12H,1-3,6-7,10H2,(H2,18,19,20,22). The zero-order valence-electron chi connectivity index (χ0n) is 13.3. The summed E-state index contributed by atoms with van der Waals surface area (Å²) in [6.45, 7) is 0. The Bertz CT molecular complexity index is 735. The number of carbonyl (C=O) groups is 1. The van der Waals surface area contributed by atoms with E-state index < -0.39 is 10.8 Å². The third-order valence-electron chi connectivity index (χ3n) is 4.45. The van der Waals surface area contributed by atoms with Gasteiger partial charge in [0.25, 0.3) is 11.6 Å². The van der Waals surface area contributed by atoms with Crippen LogP contribution in [0.3, 0.4) is 0 Å². The Kier molecular flexibility index (Phi) is 4.88. The highest BCUT2D eigenvalue weighted by molar-refractivity contribution is 6.06. The van der Waals surface area contributed by atoms with Crippen LogP contribution >= 0.6 is 0 Å². The van der Waals surface area contributed by atoms with Crippen LogP contribution in [0.15, 0.2) is 30.3 Å². The van der Waals surface area contributed by atoms with Crippen LogP contribution in [0.2, 0.25) is 0 Å². The molecule has 0 spiro atoms. The molecule has 1 saturated carbocycles. The topological polar surface area (TPSA) is 101 Å². The van der Waals surface area contributed by atoms with Crippen molar-refractivity contribution in [2.24, 2.45) is 5.92 Å². The van der Waals surface area contributed by atoms with Gasteiger partial charge in [0.1, 0.15) is 5.56 Å². The Morgan fingerprint density at radius 1 is 1.29 bits per heavy atom. The van der Waals surface area contributed by atoms with Crippen molar-refractivity contribution in [2.45, 2.75) is 38.5 Å². The summed E-state index contributed by atoms with van der Waals surface area (Å²) in [5, 5.41) is 20.7. The Hall–Kier alpha value is -2.70. The predicted molar refractivity (Wildman–Crippen MR) is 89.9 cm³/mol. The second kappa shape index (κ2) is 7.25. The van der Waals surface area contributed by atoms with E-state index in [0.29, 0.717) is 11.7 Å². The van der Waals surface area contributed by atoms with Crippen molar-refractivity contribution in [1.82, 2.24) is 10.2 Å². The molecule has 7 nitrogen and oxygen atoms in total. The van der Waals surface area contributed by atoms with Gasteiger partial charge in [0, 0.05) is 17.8 Å². The number of aromatic amines is 1. The normalized spacial score (nSPS) is 15.2. The maximum absolute atomic E-state index is 12.3. The third-order valence-corrected chi connectivity index (χ3v) is 4.45. The van der Waals surface area contributed by atoms with Gasteiger partial charge in [-0.3, -0.25) is 20.0 Å². The second-order valence-electron chi connectivity index (χ2n) is 6.21. The average molecular weight is 328 g/mol. The van der Waals surface area contributed by atoms with Crippen molar-refractivity contribution in [1.29, 1.82) is 0 Å². The number of H-pyrrole nitrogens is 1. The molecule has 0 aliphatic heterocycles. The summed E-state index contributed by atoms with van der Waals surface area (Å²) in [7, 11) is 0. The number of hydrogen-bond acceptors (Lipinski definition) is 4. The highest BCUT2D eigenvalue weighted by Crippen LogP contribution is 2.27. The lowest BCUT2D eigenvalue weighted by Gasteiger charge is -2.20. The fourth-order valence-electron chi connectivity index (χ4n) is 3.24. The Balaban J connectivity index is 1.66. The number of aromatic nitrogens is 2. The van der Waals surface area contributed by atoms with E-state index in [1.165, 1.54) is 50.3 Å². The maximum Gasteiger partial charge on any atom is 0.282 e. The van der Waals surface area contributed by atoms with E-state index in [0.717, 1.165) is 12.1 Å². The minimum absolute atomic E-state index is 0.0272. The van der Waals surface area contributed by atoms with Crippen LogP contribution in [0.4, 0.5) is 11.5 Å². The Labute approximate surface area is 139 Å². The van der Waals surface area contributed by atoms with Crippen molar-refractivity contribution >= 4 is 17.4 Å². The maximum atomic E-state index is 12.3. The van der Waals surface area contributed by atoms with Crippen molar-refractivity contribution in [3.63, 3.8) is 0 Å². The smallest absolute Gasteiger partial charge is 0.282 e. The van der Waals surface area contributed by atoms with E-state index in [1.54, 1.807) is 12.1 Å². The first-order chi connectivity index (χ1) is 11.6. The molecule has 0 unspecified atom stereocenters. The number of hydrogen-bond donors (Lipinski definition) is 2. The highest BCUT2D eigenvalue weighted by Gasteiger charge is 2.20. The summed E-state index contributed by atoms with van der Waals surface area (Å²) in [5.74, 6) is 0.528. The largest absolute Gasteiger partial charge is 0.305 e. The molecule has 2 aromatic rings. The summed E-state index contributed by atoms with van der Waals surface area (Å²) in [6.07, 6.45) is 7.26. The van der Waals surface area contributed by atoms with Gasteiger partial charge in [0.2, 0.25) is 0 Å². The predicted octanol–water partition coefficient (Wildman–Crippen LogP) is 3.69. The Morgan fingerprint density at radius 3 is 2.79 bits per heavy atom.